The number of azo groups is 1. The van der Waals surface area contributed by atoms with Crippen molar-refractivity contribution < 1.29 is 18.0 Å². The summed E-state index contributed by atoms with van der Waals surface area (Å²) in [4.78, 5) is 25.9. The Balaban J connectivity index is 1.52. The van der Waals surface area contributed by atoms with E-state index in [0.717, 1.165) is 28.8 Å². The van der Waals surface area contributed by atoms with E-state index < -0.39 is 22.1 Å². The number of benzene rings is 2. The number of unbranched alkanes of at least 4 members (excludes halogenated alkanes) is 3. The van der Waals surface area contributed by atoms with Crippen molar-refractivity contribution in [3.63, 3.8) is 0 Å². The Morgan fingerprint density at radius 2 is 1.53 bits per heavy atom. The summed E-state index contributed by atoms with van der Waals surface area (Å²) in [6, 6.07) is 9.66. The molecule has 0 spiro atoms. The smallest absolute Gasteiger partial charge is 0.370 e. The molecule has 2 aromatic carbocycles. The number of imide groups is 1. The highest BCUT2D eigenvalue weighted by Crippen LogP contribution is 2.30. The van der Waals surface area contributed by atoms with Crippen LogP contribution in [0, 0.1) is 0 Å². The van der Waals surface area contributed by atoms with Crippen LogP contribution in [0.5, 0.6) is 0 Å². The van der Waals surface area contributed by atoms with E-state index in [1.807, 2.05) is 43.3 Å². The Labute approximate surface area is 175 Å². The van der Waals surface area contributed by atoms with Gasteiger partial charge in [0.1, 0.15) is 0 Å². The van der Waals surface area contributed by atoms with E-state index in [-0.39, 0.29) is 11.4 Å². The predicted molar refractivity (Wildman–Crippen MR) is 114 cm³/mol. The lowest BCUT2D eigenvalue weighted by Crippen LogP contribution is -2.29. The van der Waals surface area contributed by atoms with Gasteiger partial charge in [0.2, 0.25) is 10.0 Å². The van der Waals surface area contributed by atoms with Gasteiger partial charge in [-0.3, -0.25) is 0 Å². The number of carbonyl (C=O) groups is 2. The van der Waals surface area contributed by atoms with Gasteiger partial charge in [0, 0.05) is 43.6 Å². The number of fused-ring (bicyclic) bond motifs is 1. The van der Waals surface area contributed by atoms with E-state index in [0.29, 0.717) is 24.8 Å². The monoisotopic (exact) mass is 431 g/mol. The lowest BCUT2D eigenvalue weighted by atomic mass is 10.1. The average molecular weight is 432 g/mol. The molecule has 0 saturated heterocycles. The maximum atomic E-state index is 12.8. The normalized spacial score (nSPS) is 14.1. The molecule has 1 heterocycles. The summed E-state index contributed by atoms with van der Waals surface area (Å²) in [5, 5.41) is 7.98. The third kappa shape index (κ3) is 4.82. The molecule has 160 valence electrons. The minimum absolute atomic E-state index is 0.266. The zero-order chi connectivity index (χ0) is 21.7. The molecule has 4 amide bonds. The first-order valence-electron chi connectivity index (χ1n) is 9.77. The van der Waals surface area contributed by atoms with Crippen LogP contribution in [0.1, 0.15) is 25.7 Å². The summed E-state index contributed by atoms with van der Waals surface area (Å²) < 4.78 is 28.3. The van der Waals surface area contributed by atoms with Crippen LogP contribution in [-0.4, -0.2) is 52.6 Å². The molecule has 2 aromatic rings. The SMILES string of the molecule is CN(C)c1cccc2c(S(=O)(=O)NCCCCCCN3C(=O)N=NC3=O)cccc12. The third-order valence-electron chi connectivity index (χ3n) is 4.91. The van der Waals surface area contributed by atoms with Crippen LogP contribution in [0.25, 0.3) is 10.8 Å². The summed E-state index contributed by atoms with van der Waals surface area (Å²) in [5.41, 5.74) is 0.958. The zero-order valence-corrected chi connectivity index (χ0v) is 17.9. The van der Waals surface area contributed by atoms with E-state index in [2.05, 4.69) is 15.0 Å². The maximum absolute atomic E-state index is 12.8. The topological polar surface area (TPSA) is 112 Å². The number of amides is 4. The average Bonchev–Trinajstić information content (AvgIpc) is 3.03. The molecule has 0 radical (unpaired) electrons. The largest absolute Gasteiger partial charge is 0.377 e. The molecule has 10 heteroatoms. The summed E-state index contributed by atoms with van der Waals surface area (Å²) in [7, 11) is 0.207. The van der Waals surface area contributed by atoms with Gasteiger partial charge >= 0.3 is 12.1 Å². The first-order valence-corrected chi connectivity index (χ1v) is 11.3. The van der Waals surface area contributed by atoms with Crippen molar-refractivity contribution in [3.05, 3.63) is 36.4 Å². The van der Waals surface area contributed by atoms with Gasteiger partial charge in [0.25, 0.3) is 0 Å². The number of rotatable bonds is 10. The van der Waals surface area contributed by atoms with Crippen molar-refractivity contribution in [2.24, 2.45) is 10.2 Å². The second kappa shape index (κ2) is 9.31. The van der Waals surface area contributed by atoms with E-state index in [4.69, 9.17) is 0 Å². The number of hydrogen-bond donors (Lipinski definition) is 1. The van der Waals surface area contributed by atoms with Gasteiger partial charge in [0.05, 0.1) is 4.90 Å². The fourth-order valence-corrected chi connectivity index (χ4v) is 4.68. The fourth-order valence-electron chi connectivity index (χ4n) is 3.39. The van der Waals surface area contributed by atoms with Gasteiger partial charge in [0.15, 0.2) is 0 Å². The fraction of sp³-hybridized carbons (Fsp3) is 0.400. The van der Waals surface area contributed by atoms with Crippen LogP contribution in [0.3, 0.4) is 0 Å². The minimum Gasteiger partial charge on any atom is -0.377 e. The molecule has 0 aromatic heterocycles. The maximum Gasteiger partial charge on any atom is 0.370 e. The van der Waals surface area contributed by atoms with Crippen molar-refractivity contribution >= 4 is 38.5 Å². The van der Waals surface area contributed by atoms with Gasteiger partial charge in [-0.15, -0.1) is 0 Å². The van der Waals surface area contributed by atoms with Crippen molar-refractivity contribution in [2.75, 3.05) is 32.1 Å². The third-order valence-corrected chi connectivity index (χ3v) is 6.43. The second-order valence-electron chi connectivity index (χ2n) is 7.25. The first kappa shape index (κ1) is 21.8. The molecule has 0 fully saturated rings. The lowest BCUT2D eigenvalue weighted by molar-refractivity contribution is 0.204. The van der Waals surface area contributed by atoms with Crippen LogP contribution in [-0.2, 0) is 10.0 Å². The molecule has 9 nitrogen and oxygen atoms in total. The van der Waals surface area contributed by atoms with Crippen LogP contribution in [0.2, 0.25) is 0 Å². The molecule has 1 aliphatic heterocycles. The van der Waals surface area contributed by atoms with Crippen molar-refractivity contribution in [1.29, 1.82) is 0 Å². The van der Waals surface area contributed by atoms with Gasteiger partial charge < -0.3 is 4.90 Å². The molecule has 0 unspecified atom stereocenters. The lowest BCUT2D eigenvalue weighted by Gasteiger charge is -2.17. The molecular formula is C20H25N5O4S. The van der Waals surface area contributed by atoms with Crippen LogP contribution >= 0.6 is 0 Å². The van der Waals surface area contributed by atoms with Gasteiger partial charge in [-0.2, -0.15) is 0 Å². The molecule has 0 aliphatic carbocycles. The highest BCUT2D eigenvalue weighted by atomic mass is 32.2. The molecular weight excluding hydrogens is 406 g/mol. The molecule has 1 N–H and O–H groups in total. The quantitative estimate of drug-likeness (QED) is 0.576. The van der Waals surface area contributed by atoms with Crippen LogP contribution in [0.4, 0.5) is 15.3 Å². The molecule has 0 saturated carbocycles. The van der Waals surface area contributed by atoms with E-state index in [1.54, 1.807) is 12.1 Å². The van der Waals surface area contributed by atoms with Crippen LogP contribution < -0.4 is 9.62 Å². The standard InChI is InChI=1S/C20H25N5O4S/c1-24(2)17-11-7-10-16-15(17)9-8-12-18(16)30(28,29)21-13-5-3-4-6-14-25-19(26)22-23-20(25)27/h7-12,21H,3-6,13-14H2,1-2H3. The molecule has 0 bridgehead atoms. The first-order chi connectivity index (χ1) is 14.3. The summed E-state index contributed by atoms with van der Waals surface area (Å²) >= 11 is 0. The number of carbonyl (C=O) groups excluding carboxylic acids is 2. The highest BCUT2D eigenvalue weighted by Gasteiger charge is 2.26. The highest BCUT2D eigenvalue weighted by molar-refractivity contribution is 7.89. The minimum atomic E-state index is -3.64. The van der Waals surface area contributed by atoms with E-state index >= 15 is 0 Å². The number of sulfonamides is 1. The van der Waals surface area contributed by atoms with Crippen molar-refractivity contribution in [2.45, 2.75) is 30.6 Å². The number of hydrogen-bond acceptors (Lipinski definition) is 5. The van der Waals surface area contributed by atoms with Gasteiger partial charge in [-0.1, -0.05) is 47.3 Å². The van der Waals surface area contributed by atoms with E-state index in [9.17, 15) is 18.0 Å². The Morgan fingerprint density at radius 1 is 0.900 bits per heavy atom. The van der Waals surface area contributed by atoms with Crippen LogP contribution in [0.15, 0.2) is 51.5 Å². The Kier molecular flexibility index (Phi) is 6.78. The number of nitrogens with zero attached hydrogens (tertiary/aromatic N) is 4. The Hall–Kier alpha value is -2.85. The molecule has 1 aliphatic rings. The number of nitrogens with one attached hydrogen (secondary N) is 1. The second-order valence-corrected chi connectivity index (χ2v) is 8.99. The number of urea groups is 2. The molecule has 0 atom stereocenters. The van der Waals surface area contributed by atoms with Gasteiger partial charge in [-0.05, 0) is 25.0 Å². The van der Waals surface area contributed by atoms with E-state index in [1.165, 1.54) is 0 Å². The number of anilines is 1. The summed E-state index contributed by atoms with van der Waals surface area (Å²) in [6.45, 7) is 0.596. The van der Waals surface area contributed by atoms with Crippen molar-refractivity contribution in [1.82, 2.24) is 9.62 Å². The molecule has 3 rings (SSSR count). The summed E-state index contributed by atoms with van der Waals surface area (Å²) in [6.07, 6.45) is 2.82. The zero-order valence-electron chi connectivity index (χ0n) is 17.0. The Bertz CT molecular complexity index is 1060. The molecule has 30 heavy (non-hydrogen) atoms. The summed E-state index contributed by atoms with van der Waals surface area (Å²) in [5.74, 6) is 0. The Morgan fingerprint density at radius 3 is 2.23 bits per heavy atom. The van der Waals surface area contributed by atoms with Crippen molar-refractivity contribution in [3.8, 4) is 0 Å². The van der Waals surface area contributed by atoms with Gasteiger partial charge in [-0.25, -0.2) is 27.6 Å². The predicted octanol–water partition coefficient (Wildman–Crippen LogP) is 3.75.